The van der Waals surface area contributed by atoms with Crippen molar-refractivity contribution in [2.45, 2.75) is 18.9 Å². The fourth-order valence-corrected chi connectivity index (χ4v) is 2.61. The first-order chi connectivity index (χ1) is 7.85. The minimum Gasteiger partial charge on any atom is -0.493 e. The molecule has 0 radical (unpaired) electrons. The summed E-state index contributed by atoms with van der Waals surface area (Å²) in [5.41, 5.74) is 2.75. The van der Waals surface area contributed by atoms with Gasteiger partial charge in [-0.1, -0.05) is 12.1 Å². The molecule has 0 saturated heterocycles. The molecule has 1 aliphatic heterocycles. The first kappa shape index (κ1) is 11.8. The Morgan fingerprint density at radius 1 is 1.50 bits per heavy atom. The lowest BCUT2D eigenvalue weighted by Crippen LogP contribution is -2.17. The Kier molecular flexibility index (Phi) is 4.13. The molecule has 3 heteroatoms. The summed E-state index contributed by atoms with van der Waals surface area (Å²) in [6.45, 7) is 0.841. The molecular formula is C13H19NOS. The Balaban J connectivity index is 2.12. The SMILES string of the molecule is CNC(CCSC)c1ccc2c(c1)CCO2. The number of hydrogen-bond acceptors (Lipinski definition) is 3. The minimum atomic E-state index is 0.471. The third-order valence-corrected chi connectivity index (χ3v) is 3.72. The van der Waals surface area contributed by atoms with E-state index in [9.17, 15) is 0 Å². The molecule has 0 amide bonds. The van der Waals surface area contributed by atoms with E-state index in [0.29, 0.717) is 6.04 Å². The van der Waals surface area contributed by atoms with Crippen molar-refractivity contribution < 1.29 is 4.74 Å². The molecular weight excluding hydrogens is 218 g/mol. The molecule has 2 nitrogen and oxygen atoms in total. The number of hydrogen-bond donors (Lipinski definition) is 1. The zero-order valence-corrected chi connectivity index (χ0v) is 10.8. The van der Waals surface area contributed by atoms with Crippen molar-refractivity contribution in [2.24, 2.45) is 0 Å². The van der Waals surface area contributed by atoms with Crippen LogP contribution in [0.2, 0.25) is 0 Å². The molecule has 0 saturated carbocycles. The number of benzene rings is 1. The quantitative estimate of drug-likeness (QED) is 0.850. The van der Waals surface area contributed by atoms with Crippen LogP contribution in [0.15, 0.2) is 18.2 Å². The highest BCUT2D eigenvalue weighted by atomic mass is 32.2. The molecule has 1 aromatic carbocycles. The van der Waals surface area contributed by atoms with Gasteiger partial charge in [0, 0.05) is 12.5 Å². The van der Waals surface area contributed by atoms with Crippen molar-refractivity contribution in [3.63, 3.8) is 0 Å². The fourth-order valence-electron chi connectivity index (χ4n) is 2.14. The van der Waals surface area contributed by atoms with E-state index in [1.54, 1.807) is 0 Å². The van der Waals surface area contributed by atoms with Gasteiger partial charge in [0.05, 0.1) is 6.61 Å². The third-order valence-electron chi connectivity index (χ3n) is 3.07. The number of rotatable bonds is 5. The molecule has 1 aromatic rings. The van der Waals surface area contributed by atoms with E-state index in [0.717, 1.165) is 18.8 Å². The van der Waals surface area contributed by atoms with E-state index in [1.807, 2.05) is 18.8 Å². The van der Waals surface area contributed by atoms with Gasteiger partial charge in [-0.2, -0.15) is 11.8 Å². The highest BCUT2D eigenvalue weighted by molar-refractivity contribution is 7.98. The molecule has 1 heterocycles. The molecule has 0 bridgehead atoms. The summed E-state index contributed by atoms with van der Waals surface area (Å²) in [4.78, 5) is 0. The van der Waals surface area contributed by atoms with Crippen LogP contribution >= 0.6 is 11.8 Å². The molecule has 0 fully saturated rings. The van der Waals surface area contributed by atoms with Gasteiger partial charge in [0.15, 0.2) is 0 Å². The number of ether oxygens (including phenoxy) is 1. The lowest BCUT2D eigenvalue weighted by molar-refractivity contribution is 0.356. The third kappa shape index (κ3) is 2.53. The second kappa shape index (κ2) is 5.60. The minimum absolute atomic E-state index is 0.471. The van der Waals surface area contributed by atoms with Crippen LogP contribution in [0.1, 0.15) is 23.6 Å². The summed E-state index contributed by atoms with van der Waals surface area (Å²) in [6, 6.07) is 7.06. The van der Waals surface area contributed by atoms with Crippen molar-refractivity contribution >= 4 is 11.8 Å². The highest BCUT2D eigenvalue weighted by Gasteiger charge is 2.15. The van der Waals surface area contributed by atoms with E-state index >= 15 is 0 Å². The van der Waals surface area contributed by atoms with E-state index in [4.69, 9.17) is 4.74 Å². The first-order valence-electron chi connectivity index (χ1n) is 5.77. The number of nitrogens with one attached hydrogen (secondary N) is 1. The summed E-state index contributed by atoms with van der Waals surface area (Å²) in [5, 5.41) is 3.39. The van der Waals surface area contributed by atoms with Crippen LogP contribution in [-0.2, 0) is 6.42 Å². The first-order valence-corrected chi connectivity index (χ1v) is 7.16. The van der Waals surface area contributed by atoms with Crippen molar-refractivity contribution in [1.82, 2.24) is 5.32 Å². The highest BCUT2D eigenvalue weighted by Crippen LogP contribution is 2.29. The number of fused-ring (bicyclic) bond motifs is 1. The van der Waals surface area contributed by atoms with Crippen molar-refractivity contribution in [3.05, 3.63) is 29.3 Å². The second-order valence-electron chi connectivity index (χ2n) is 4.09. The molecule has 0 spiro atoms. The molecule has 1 N–H and O–H groups in total. The predicted octanol–water partition coefficient (Wildman–Crippen LogP) is 2.64. The maximum absolute atomic E-state index is 5.52. The second-order valence-corrected chi connectivity index (χ2v) is 5.07. The molecule has 88 valence electrons. The van der Waals surface area contributed by atoms with E-state index in [1.165, 1.54) is 23.3 Å². The fraction of sp³-hybridized carbons (Fsp3) is 0.538. The zero-order valence-electron chi connectivity index (χ0n) is 9.95. The summed E-state index contributed by atoms with van der Waals surface area (Å²) < 4.78 is 5.52. The molecule has 2 rings (SSSR count). The Bertz CT molecular complexity index is 354. The summed E-state index contributed by atoms with van der Waals surface area (Å²) in [7, 11) is 2.04. The van der Waals surface area contributed by atoms with Crippen molar-refractivity contribution in [1.29, 1.82) is 0 Å². The maximum atomic E-state index is 5.52. The molecule has 1 atom stereocenters. The van der Waals surface area contributed by atoms with Crippen LogP contribution in [0, 0.1) is 0 Å². The molecule has 16 heavy (non-hydrogen) atoms. The van der Waals surface area contributed by atoms with E-state index in [2.05, 4.69) is 29.8 Å². The predicted molar refractivity (Wildman–Crippen MR) is 70.4 cm³/mol. The molecule has 0 aliphatic carbocycles. The summed E-state index contributed by atoms with van der Waals surface area (Å²) in [6.07, 6.45) is 4.39. The van der Waals surface area contributed by atoms with Crippen LogP contribution in [-0.4, -0.2) is 25.7 Å². The lowest BCUT2D eigenvalue weighted by atomic mass is 10.0. The zero-order chi connectivity index (χ0) is 11.4. The monoisotopic (exact) mass is 237 g/mol. The largest absolute Gasteiger partial charge is 0.493 e. The van der Waals surface area contributed by atoms with Crippen LogP contribution in [0.25, 0.3) is 0 Å². The Labute approximate surface area is 102 Å². The summed E-state index contributed by atoms with van der Waals surface area (Å²) >= 11 is 1.90. The van der Waals surface area contributed by atoms with Gasteiger partial charge >= 0.3 is 0 Å². The Morgan fingerprint density at radius 3 is 3.12 bits per heavy atom. The van der Waals surface area contributed by atoms with Gasteiger partial charge in [0.25, 0.3) is 0 Å². The van der Waals surface area contributed by atoms with Crippen LogP contribution in [0.5, 0.6) is 5.75 Å². The van der Waals surface area contributed by atoms with Crippen LogP contribution < -0.4 is 10.1 Å². The standard InChI is InChI=1S/C13H19NOS/c1-14-12(6-8-16-2)10-3-4-13-11(9-10)5-7-15-13/h3-4,9,12,14H,5-8H2,1-2H3. The Hall–Kier alpha value is -0.670. The van der Waals surface area contributed by atoms with Crippen LogP contribution in [0.4, 0.5) is 0 Å². The molecule has 1 unspecified atom stereocenters. The lowest BCUT2D eigenvalue weighted by Gasteiger charge is -2.16. The van der Waals surface area contributed by atoms with Crippen LogP contribution in [0.3, 0.4) is 0 Å². The topological polar surface area (TPSA) is 21.3 Å². The van der Waals surface area contributed by atoms with Gasteiger partial charge in [0.1, 0.15) is 5.75 Å². The van der Waals surface area contributed by atoms with Gasteiger partial charge in [-0.25, -0.2) is 0 Å². The van der Waals surface area contributed by atoms with Gasteiger partial charge in [0.2, 0.25) is 0 Å². The number of thioether (sulfide) groups is 1. The van der Waals surface area contributed by atoms with E-state index < -0.39 is 0 Å². The van der Waals surface area contributed by atoms with E-state index in [-0.39, 0.29) is 0 Å². The van der Waals surface area contributed by atoms with Gasteiger partial charge in [-0.15, -0.1) is 0 Å². The molecule has 1 aliphatic rings. The van der Waals surface area contributed by atoms with Crippen molar-refractivity contribution in [2.75, 3.05) is 25.7 Å². The smallest absolute Gasteiger partial charge is 0.122 e. The maximum Gasteiger partial charge on any atom is 0.122 e. The average molecular weight is 237 g/mol. The van der Waals surface area contributed by atoms with Gasteiger partial charge < -0.3 is 10.1 Å². The van der Waals surface area contributed by atoms with Gasteiger partial charge in [-0.05, 0) is 42.7 Å². The normalized spacial score (nSPS) is 15.6. The average Bonchev–Trinajstić information content (AvgIpc) is 2.77. The molecule has 0 aromatic heterocycles. The Morgan fingerprint density at radius 2 is 2.38 bits per heavy atom. The van der Waals surface area contributed by atoms with Gasteiger partial charge in [-0.3, -0.25) is 0 Å². The summed E-state index contributed by atoms with van der Waals surface area (Å²) in [5.74, 6) is 2.27. The van der Waals surface area contributed by atoms with Crippen molar-refractivity contribution in [3.8, 4) is 5.75 Å².